The predicted molar refractivity (Wildman–Crippen MR) is 77.2 cm³/mol. The van der Waals surface area contributed by atoms with Gasteiger partial charge >= 0.3 is 0 Å². The Morgan fingerprint density at radius 2 is 2.05 bits per heavy atom. The van der Waals surface area contributed by atoms with Gasteiger partial charge in [0.25, 0.3) is 0 Å². The Hall–Kier alpha value is -1.87. The maximum atomic E-state index is 13.4. The van der Waals surface area contributed by atoms with Gasteiger partial charge in [0.15, 0.2) is 5.78 Å². The van der Waals surface area contributed by atoms with Crippen LogP contribution in [0.2, 0.25) is 5.02 Å². The standard InChI is InChI=1S/C16H14ClFO2/c1-10-6-7-15(20-2)12(8-10)14(19)9-11-4-3-5-13(18)16(11)17/h3-8H,9H2,1-2H3. The summed E-state index contributed by atoms with van der Waals surface area (Å²) in [5.41, 5.74) is 1.91. The molecule has 4 heteroatoms. The van der Waals surface area contributed by atoms with Gasteiger partial charge in [0.2, 0.25) is 0 Å². The van der Waals surface area contributed by atoms with Crippen LogP contribution in [-0.4, -0.2) is 12.9 Å². The van der Waals surface area contributed by atoms with Gasteiger partial charge in [-0.15, -0.1) is 0 Å². The van der Waals surface area contributed by atoms with Crippen molar-refractivity contribution in [3.8, 4) is 5.75 Å². The van der Waals surface area contributed by atoms with E-state index in [4.69, 9.17) is 16.3 Å². The Labute approximate surface area is 122 Å². The number of ether oxygens (including phenoxy) is 1. The van der Waals surface area contributed by atoms with E-state index in [1.165, 1.54) is 19.2 Å². The minimum Gasteiger partial charge on any atom is -0.496 e. The van der Waals surface area contributed by atoms with Crippen LogP contribution in [0, 0.1) is 12.7 Å². The normalized spacial score (nSPS) is 10.4. The van der Waals surface area contributed by atoms with Gasteiger partial charge in [0.05, 0.1) is 17.7 Å². The lowest BCUT2D eigenvalue weighted by Crippen LogP contribution is -2.07. The van der Waals surface area contributed by atoms with Crippen molar-refractivity contribution in [3.63, 3.8) is 0 Å². The number of aryl methyl sites for hydroxylation is 1. The molecule has 2 aromatic carbocycles. The average molecular weight is 293 g/mol. The van der Waals surface area contributed by atoms with Gasteiger partial charge in [0, 0.05) is 6.42 Å². The number of carbonyl (C=O) groups is 1. The summed E-state index contributed by atoms with van der Waals surface area (Å²) in [7, 11) is 1.51. The molecule has 0 spiro atoms. The highest BCUT2D eigenvalue weighted by Crippen LogP contribution is 2.25. The number of hydrogen-bond acceptors (Lipinski definition) is 2. The number of halogens is 2. The number of carbonyl (C=O) groups excluding carboxylic acids is 1. The van der Waals surface area contributed by atoms with Crippen LogP contribution in [0.25, 0.3) is 0 Å². The lowest BCUT2D eigenvalue weighted by atomic mass is 10.0. The van der Waals surface area contributed by atoms with Crippen molar-refractivity contribution in [1.29, 1.82) is 0 Å². The topological polar surface area (TPSA) is 26.3 Å². The molecule has 0 heterocycles. The van der Waals surface area contributed by atoms with Crippen molar-refractivity contribution < 1.29 is 13.9 Å². The molecule has 0 radical (unpaired) electrons. The molecule has 0 saturated carbocycles. The first-order valence-electron chi connectivity index (χ1n) is 6.13. The van der Waals surface area contributed by atoms with Gasteiger partial charge in [-0.25, -0.2) is 4.39 Å². The van der Waals surface area contributed by atoms with Gasteiger partial charge in [-0.2, -0.15) is 0 Å². The Morgan fingerprint density at radius 3 is 2.75 bits per heavy atom. The maximum absolute atomic E-state index is 13.4. The van der Waals surface area contributed by atoms with E-state index in [0.717, 1.165) is 5.56 Å². The van der Waals surface area contributed by atoms with E-state index in [2.05, 4.69) is 0 Å². The van der Waals surface area contributed by atoms with Crippen LogP contribution in [-0.2, 0) is 6.42 Å². The molecule has 0 aliphatic rings. The fourth-order valence-electron chi connectivity index (χ4n) is 1.99. The Bertz CT molecular complexity index is 653. The summed E-state index contributed by atoms with van der Waals surface area (Å²) in [6.07, 6.45) is 0.0381. The Morgan fingerprint density at radius 1 is 1.30 bits per heavy atom. The molecular weight excluding hydrogens is 279 g/mol. The van der Waals surface area contributed by atoms with Crippen LogP contribution in [0.15, 0.2) is 36.4 Å². The van der Waals surface area contributed by atoms with Crippen LogP contribution >= 0.6 is 11.6 Å². The fourth-order valence-corrected chi connectivity index (χ4v) is 2.19. The molecule has 0 N–H and O–H groups in total. The third kappa shape index (κ3) is 2.99. The molecule has 2 rings (SSSR count). The SMILES string of the molecule is COc1ccc(C)cc1C(=O)Cc1cccc(F)c1Cl. The molecule has 0 bridgehead atoms. The van der Waals surface area contributed by atoms with E-state index < -0.39 is 5.82 Å². The molecule has 0 saturated heterocycles. The molecule has 104 valence electrons. The van der Waals surface area contributed by atoms with Crippen molar-refractivity contribution >= 4 is 17.4 Å². The first-order chi connectivity index (χ1) is 9.52. The van der Waals surface area contributed by atoms with E-state index >= 15 is 0 Å². The summed E-state index contributed by atoms with van der Waals surface area (Å²) in [6, 6.07) is 9.82. The summed E-state index contributed by atoms with van der Waals surface area (Å²) >= 11 is 5.87. The number of benzene rings is 2. The van der Waals surface area contributed by atoms with Crippen molar-refractivity contribution in [1.82, 2.24) is 0 Å². The summed E-state index contributed by atoms with van der Waals surface area (Å²) in [6.45, 7) is 1.89. The second-order valence-electron chi connectivity index (χ2n) is 4.52. The monoisotopic (exact) mass is 292 g/mol. The minimum atomic E-state index is -0.520. The second kappa shape index (κ2) is 6.06. The van der Waals surface area contributed by atoms with Gasteiger partial charge in [-0.1, -0.05) is 35.4 Å². The second-order valence-corrected chi connectivity index (χ2v) is 4.89. The largest absolute Gasteiger partial charge is 0.496 e. The highest BCUT2D eigenvalue weighted by atomic mass is 35.5. The fraction of sp³-hybridized carbons (Fsp3) is 0.188. The molecule has 2 aromatic rings. The smallest absolute Gasteiger partial charge is 0.171 e. The number of rotatable bonds is 4. The molecule has 0 atom stereocenters. The van der Waals surface area contributed by atoms with Crippen molar-refractivity contribution in [3.05, 3.63) is 63.9 Å². The van der Waals surface area contributed by atoms with Gasteiger partial charge in [-0.05, 0) is 30.7 Å². The van der Waals surface area contributed by atoms with E-state index in [1.54, 1.807) is 18.2 Å². The molecule has 0 aliphatic heterocycles. The van der Waals surface area contributed by atoms with Crippen LogP contribution in [0.4, 0.5) is 4.39 Å². The third-order valence-electron chi connectivity index (χ3n) is 3.04. The first-order valence-corrected chi connectivity index (χ1v) is 6.51. The lowest BCUT2D eigenvalue weighted by Gasteiger charge is -2.09. The zero-order chi connectivity index (χ0) is 14.7. The Kier molecular flexibility index (Phi) is 4.40. The quantitative estimate of drug-likeness (QED) is 0.789. The van der Waals surface area contributed by atoms with Crippen molar-refractivity contribution in [2.45, 2.75) is 13.3 Å². The molecule has 20 heavy (non-hydrogen) atoms. The Balaban J connectivity index is 2.33. The van der Waals surface area contributed by atoms with E-state index in [9.17, 15) is 9.18 Å². The molecule has 0 aliphatic carbocycles. The molecule has 0 amide bonds. The van der Waals surface area contributed by atoms with E-state index in [-0.39, 0.29) is 17.2 Å². The van der Waals surface area contributed by atoms with Crippen LogP contribution in [0.1, 0.15) is 21.5 Å². The lowest BCUT2D eigenvalue weighted by molar-refractivity contribution is 0.0990. The van der Waals surface area contributed by atoms with Crippen LogP contribution in [0.3, 0.4) is 0 Å². The van der Waals surface area contributed by atoms with Crippen LogP contribution in [0.5, 0.6) is 5.75 Å². The van der Waals surface area contributed by atoms with Crippen molar-refractivity contribution in [2.75, 3.05) is 7.11 Å². The number of hydrogen-bond donors (Lipinski definition) is 0. The minimum absolute atomic E-state index is 0.00697. The zero-order valence-corrected chi connectivity index (χ0v) is 12.0. The summed E-state index contributed by atoms with van der Waals surface area (Å²) in [5.74, 6) is -0.167. The summed E-state index contributed by atoms with van der Waals surface area (Å²) in [4.78, 5) is 12.3. The molecule has 2 nitrogen and oxygen atoms in total. The van der Waals surface area contributed by atoms with Crippen LogP contribution < -0.4 is 4.74 Å². The number of ketones is 1. The van der Waals surface area contributed by atoms with Gasteiger partial charge in [0.1, 0.15) is 11.6 Å². The first kappa shape index (κ1) is 14.5. The van der Waals surface area contributed by atoms with Gasteiger partial charge < -0.3 is 4.74 Å². The molecular formula is C16H14ClFO2. The van der Waals surface area contributed by atoms with Crippen molar-refractivity contribution in [2.24, 2.45) is 0 Å². The molecule has 0 unspecified atom stereocenters. The molecule has 0 fully saturated rings. The highest BCUT2D eigenvalue weighted by molar-refractivity contribution is 6.31. The maximum Gasteiger partial charge on any atom is 0.171 e. The summed E-state index contributed by atoms with van der Waals surface area (Å²) in [5, 5.41) is -0.00697. The van der Waals surface area contributed by atoms with E-state index in [1.807, 2.05) is 13.0 Å². The average Bonchev–Trinajstić information content (AvgIpc) is 2.43. The molecule has 0 aromatic heterocycles. The van der Waals surface area contributed by atoms with Gasteiger partial charge in [-0.3, -0.25) is 4.79 Å². The highest BCUT2D eigenvalue weighted by Gasteiger charge is 2.15. The number of methoxy groups -OCH3 is 1. The predicted octanol–water partition coefficient (Wildman–Crippen LogP) is 4.22. The number of Topliss-reactive ketones (excluding diaryl/α,β-unsaturated/α-hetero) is 1. The zero-order valence-electron chi connectivity index (χ0n) is 11.2. The summed E-state index contributed by atoms with van der Waals surface area (Å²) < 4.78 is 18.6. The van der Waals surface area contributed by atoms with E-state index in [0.29, 0.717) is 16.9 Å². The third-order valence-corrected chi connectivity index (χ3v) is 3.46.